The van der Waals surface area contributed by atoms with E-state index < -0.39 is 9.84 Å². The maximum atomic E-state index is 11.3. The molecule has 0 spiro atoms. The van der Waals surface area contributed by atoms with Crippen LogP contribution >= 0.6 is 24.0 Å². The monoisotopic (exact) mass is 502 g/mol. The van der Waals surface area contributed by atoms with Crippen LogP contribution in [-0.2, 0) is 9.84 Å². The topological polar surface area (TPSA) is 73.8 Å². The van der Waals surface area contributed by atoms with Crippen molar-refractivity contribution in [3.63, 3.8) is 0 Å². The van der Waals surface area contributed by atoms with Gasteiger partial charge in [-0.1, -0.05) is 19.8 Å². The summed E-state index contributed by atoms with van der Waals surface area (Å²) in [4.78, 5) is 7.19. The van der Waals surface area contributed by atoms with E-state index in [1.165, 1.54) is 31.9 Å². The zero-order chi connectivity index (χ0) is 19.1. The van der Waals surface area contributed by atoms with Crippen molar-refractivity contribution in [1.29, 1.82) is 0 Å². The number of likely N-dealkylation sites (N-methyl/N-ethyl adjacent to an activating group) is 1. The minimum absolute atomic E-state index is 0. The van der Waals surface area contributed by atoms with Gasteiger partial charge in [0, 0.05) is 24.4 Å². The number of nitrogens with one attached hydrogen (secondary N) is 2. The fourth-order valence-electron chi connectivity index (χ4n) is 3.57. The molecular weight excluding hydrogens is 463 g/mol. The Morgan fingerprint density at radius 2 is 2.04 bits per heavy atom. The summed E-state index contributed by atoms with van der Waals surface area (Å²) in [6, 6.07) is 0.0631. The Labute approximate surface area is 177 Å². The standard InChI is InChI=1S/C18H38N4O2S.HI/c1-7-19-17(21-16(3)10-12-25(6,23)24)20-14-18(22(4)5)11-8-9-15(2)13-18;/h15-16H,7-14H2,1-6H3,(H2,19,20,21);1H. The van der Waals surface area contributed by atoms with Gasteiger partial charge in [-0.25, -0.2) is 8.42 Å². The molecule has 1 aliphatic carbocycles. The molecule has 0 aliphatic heterocycles. The Morgan fingerprint density at radius 3 is 2.54 bits per heavy atom. The first kappa shape index (κ1) is 25.9. The van der Waals surface area contributed by atoms with Gasteiger partial charge in [0.25, 0.3) is 0 Å². The lowest BCUT2D eigenvalue weighted by atomic mass is 9.75. The van der Waals surface area contributed by atoms with E-state index in [2.05, 4.69) is 36.6 Å². The van der Waals surface area contributed by atoms with Gasteiger partial charge in [0.2, 0.25) is 0 Å². The minimum atomic E-state index is -2.93. The van der Waals surface area contributed by atoms with Gasteiger partial charge in [0.15, 0.2) is 5.96 Å². The number of hydrogen-bond acceptors (Lipinski definition) is 4. The van der Waals surface area contributed by atoms with Crippen LogP contribution in [0, 0.1) is 5.92 Å². The molecule has 156 valence electrons. The molecule has 8 heteroatoms. The van der Waals surface area contributed by atoms with E-state index in [0.29, 0.717) is 6.42 Å². The second kappa shape index (κ2) is 11.7. The first-order valence-corrected chi connectivity index (χ1v) is 11.5. The van der Waals surface area contributed by atoms with E-state index in [9.17, 15) is 8.42 Å². The van der Waals surface area contributed by atoms with Crippen molar-refractivity contribution < 1.29 is 8.42 Å². The van der Waals surface area contributed by atoms with Crippen LogP contribution in [0.15, 0.2) is 4.99 Å². The highest BCUT2D eigenvalue weighted by atomic mass is 127. The third-order valence-electron chi connectivity index (χ3n) is 5.20. The Kier molecular flexibility index (Phi) is 11.6. The van der Waals surface area contributed by atoms with Gasteiger partial charge >= 0.3 is 0 Å². The Bertz CT molecular complexity index is 539. The van der Waals surface area contributed by atoms with Crippen molar-refractivity contribution in [2.24, 2.45) is 10.9 Å². The lowest BCUT2D eigenvalue weighted by Crippen LogP contribution is -2.51. The smallest absolute Gasteiger partial charge is 0.191 e. The summed E-state index contributed by atoms with van der Waals surface area (Å²) >= 11 is 0. The largest absolute Gasteiger partial charge is 0.357 e. The molecule has 6 nitrogen and oxygen atoms in total. The van der Waals surface area contributed by atoms with Crippen LogP contribution in [0.3, 0.4) is 0 Å². The number of sulfone groups is 1. The average molecular weight is 503 g/mol. The second-order valence-electron chi connectivity index (χ2n) is 7.98. The molecule has 3 unspecified atom stereocenters. The molecule has 3 atom stereocenters. The van der Waals surface area contributed by atoms with Crippen molar-refractivity contribution in [1.82, 2.24) is 15.5 Å². The number of guanidine groups is 1. The molecule has 2 N–H and O–H groups in total. The molecule has 0 aromatic rings. The third kappa shape index (κ3) is 9.21. The fraction of sp³-hybridized carbons (Fsp3) is 0.944. The molecule has 1 rings (SSSR count). The zero-order valence-electron chi connectivity index (χ0n) is 17.3. The lowest BCUT2D eigenvalue weighted by Gasteiger charge is -2.44. The lowest BCUT2D eigenvalue weighted by molar-refractivity contribution is 0.0845. The molecule has 0 saturated heterocycles. The quantitative estimate of drug-likeness (QED) is 0.303. The summed E-state index contributed by atoms with van der Waals surface area (Å²) in [5, 5.41) is 6.64. The number of aliphatic imine (C=N–C) groups is 1. The molecule has 0 amide bonds. The van der Waals surface area contributed by atoms with Crippen LogP contribution in [0.1, 0.15) is 52.9 Å². The minimum Gasteiger partial charge on any atom is -0.357 e. The molecule has 1 saturated carbocycles. The zero-order valence-corrected chi connectivity index (χ0v) is 20.5. The molecular formula is C18H39IN4O2S. The molecule has 0 aromatic carbocycles. The normalized spacial score (nSPS) is 25.5. The Hall–Kier alpha value is -0.0900. The second-order valence-corrected chi connectivity index (χ2v) is 10.2. The van der Waals surface area contributed by atoms with Crippen molar-refractivity contribution in [3.05, 3.63) is 0 Å². The van der Waals surface area contributed by atoms with Crippen molar-refractivity contribution >= 4 is 39.8 Å². The van der Waals surface area contributed by atoms with Crippen LogP contribution in [0.2, 0.25) is 0 Å². The van der Waals surface area contributed by atoms with Crippen LogP contribution in [0.4, 0.5) is 0 Å². The first-order chi connectivity index (χ1) is 11.6. The van der Waals surface area contributed by atoms with Crippen LogP contribution in [0.5, 0.6) is 0 Å². The summed E-state index contributed by atoms with van der Waals surface area (Å²) in [5.41, 5.74) is 0.121. The number of halogens is 1. The predicted molar refractivity (Wildman–Crippen MR) is 122 cm³/mol. The Balaban J connectivity index is 0.00000625. The maximum Gasteiger partial charge on any atom is 0.191 e. The third-order valence-corrected chi connectivity index (χ3v) is 6.17. The van der Waals surface area contributed by atoms with Gasteiger partial charge in [-0.2, -0.15) is 0 Å². The van der Waals surface area contributed by atoms with E-state index >= 15 is 0 Å². The molecule has 1 aliphatic rings. The summed E-state index contributed by atoms with van der Waals surface area (Å²) in [6.45, 7) is 7.93. The summed E-state index contributed by atoms with van der Waals surface area (Å²) in [5.74, 6) is 1.71. The van der Waals surface area contributed by atoms with Gasteiger partial charge in [-0.05, 0) is 53.1 Å². The van der Waals surface area contributed by atoms with Crippen LogP contribution in [0.25, 0.3) is 0 Å². The van der Waals surface area contributed by atoms with Gasteiger partial charge in [0.1, 0.15) is 9.84 Å². The number of rotatable bonds is 8. The van der Waals surface area contributed by atoms with Crippen molar-refractivity contribution in [2.75, 3.05) is 39.2 Å². The molecule has 26 heavy (non-hydrogen) atoms. The van der Waals surface area contributed by atoms with Crippen molar-refractivity contribution in [3.8, 4) is 0 Å². The van der Waals surface area contributed by atoms with Gasteiger partial charge in [0.05, 0.1) is 12.3 Å². The molecule has 0 radical (unpaired) electrons. The first-order valence-electron chi connectivity index (χ1n) is 9.48. The summed E-state index contributed by atoms with van der Waals surface area (Å²) in [6.07, 6.45) is 6.77. The van der Waals surface area contributed by atoms with E-state index in [0.717, 1.165) is 25.0 Å². The molecule has 0 heterocycles. The number of nitrogens with zero attached hydrogens (tertiary/aromatic N) is 2. The van der Waals surface area contributed by atoms with Gasteiger partial charge in [-0.3, -0.25) is 4.99 Å². The molecule has 1 fully saturated rings. The predicted octanol–water partition coefficient (Wildman–Crippen LogP) is 2.49. The molecule has 0 aromatic heterocycles. The highest BCUT2D eigenvalue weighted by Crippen LogP contribution is 2.35. The van der Waals surface area contributed by atoms with Crippen molar-refractivity contribution in [2.45, 2.75) is 64.5 Å². The summed E-state index contributed by atoms with van der Waals surface area (Å²) < 4.78 is 22.7. The fourth-order valence-corrected chi connectivity index (χ4v) is 4.35. The Morgan fingerprint density at radius 1 is 1.38 bits per heavy atom. The van der Waals surface area contributed by atoms with E-state index in [1.54, 1.807) is 0 Å². The SMILES string of the molecule is CCNC(=NCC1(N(C)C)CCCC(C)C1)NC(C)CCS(C)(=O)=O.I. The van der Waals surface area contributed by atoms with E-state index in [4.69, 9.17) is 4.99 Å². The summed E-state index contributed by atoms with van der Waals surface area (Å²) in [7, 11) is 1.38. The van der Waals surface area contributed by atoms with Crippen LogP contribution in [-0.4, -0.2) is 70.1 Å². The highest BCUT2D eigenvalue weighted by molar-refractivity contribution is 14.0. The van der Waals surface area contributed by atoms with Gasteiger partial charge < -0.3 is 15.5 Å². The van der Waals surface area contributed by atoms with E-state index in [-0.39, 0.29) is 41.3 Å². The van der Waals surface area contributed by atoms with Crippen LogP contribution < -0.4 is 10.6 Å². The van der Waals surface area contributed by atoms with E-state index in [1.807, 2.05) is 13.8 Å². The average Bonchev–Trinajstić information content (AvgIpc) is 2.50. The highest BCUT2D eigenvalue weighted by Gasteiger charge is 2.36. The van der Waals surface area contributed by atoms with Gasteiger partial charge in [-0.15, -0.1) is 24.0 Å². The molecule has 0 bridgehead atoms. The maximum absolute atomic E-state index is 11.3. The number of hydrogen-bond donors (Lipinski definition) is 2.